The van der Waals surface area contributed by atoms with Crippen LogP contribution in [0.1, 0.15) is 36.0 Å². The van der Waals surface area contributed by atoms with Crippen LogP contribution in [0.5, 0.6) is 0 Å². The van der Waals surface area contributed by atoms with Crippen molar-refractivity contribution in [3.8, 4) is 0 Å². The van der Waals surface area contributed by atoms with Gasteiger partial charge in [0.25, 0.3) is 5.91 Å². The minimum atomic E-state index is -0.231. The Morgan fingerprint density at radius 3 is 3.04 bits per heavy atom. The Bertz CT molecular complexity index is 737. The predicted octanol–water partition coefficient (Wildman–Crippen LogP) is 2.55. The van der Waals surface area contributed by atoms with Crippen LogP contribution in [0.15, 0.2) is 22.6 Å². The van der Waals surface area contributed by atoms with Gasteiger partial charge in [0.1, 0.15) is 5.52 Å². The number of carbonyl (C=O) groups is 2. The van der Waals surface area contributed by atoms with Gasteiger partial charge in [-0.05, 0) is 38.0 Å². The summed E-state index contributed by atoms with van der Waals surface area (Å²) < 4.78 is 10.5. The molecule has 2 aromatic rings. The van der Waals surface area contributed by atoms with Gasteiger partial charge < -0.3 is 14.1 Å². The van der Waals surface area contributed by atoms with Crippen LogP contribution < -0.4 is 0 Å². The molecule has 1 aromatic heterocycles. The maximum atomic E-state index is 12.7. The van der Waals surface area contributed by atoms with E-state index < -0.39 is 0 Å². The lowest BCUT2D eigenvalue weighted by Crippen LogP contribution is -2.42. The second kappa shape index (κ2) is 6.40. The second-order valence-corrected chi connectivity index (χ2v) is 5.76. The zero-order valence-corrected chi connectivity index (χ0v) is 13.4. The molecule has 122 valence electrons. The van der Waals surface area contributed by atoms with Crippen molar-refractivity contribution in [2.24, 2.45) is 5.92 Å². The van der Waals surface area contributed by atoms with Crippen molar-refractivity contribution in [1.29, 1.82) is 0 Å². The van der Waals surface area contributed by atoms with Crippen molar-refractivity contribution in [3.63, 3.8) is 0 Å². The molecule has 0 N–H and O–H groups in total. The van der Waals surface area contributed by atoms with E-state index in [1.165, 1.54) is 0 Å². The van der Waals surface area contributed by atoms with E-state index in [-0.39, 0.29) is 17.8 Å². The molecule has 0 radical (unpaired) electrons. The molecule has 0 bridgehead atoms. The fourth-order valence-corrected chi connectivity index (χ4v) is 2.97. The first kappa shape index (κ1) is 15.5. The lowest BCUT2D eigenvalue weighted by molar-refractivity contribution is -0.149. The number of carbonyl (C=O) groups excluding carboxylic acids is 2. The third-order valence-electron chi connectivity index (χ3n) is 4.07. The van der Waals surface area contributed by atoms with Gasteiger partial charge in [-0.1, -0.05) is 0 Å². The summed E-state index contributed by atoms with van der Waals surface area (Å²) in [7, 11) is 0. The van der Waals surface area contributed by atoms with Crippen molar-refractivity contribution in [1.82, 2.24) is 9.88 Å². The number of benzene rings is 1. The van der Waals surface area contributed by atoms with E-state index in [1.807, 2.05) is 0 Å². The number of ether oxygens (including phenoxy) is 1. The number of fused-ring (bicyclic) bond motifs is 1. The van der Waals surface area contributed by atoms with Gasteiger partial charge in [-0.2, -0.15) is 0 Å². The third kappa shape index (κ3) is 3.21. The molecule has 6 nitrogen and oxygen atoms in total. The van der Waals surface area contributed by atoms with Gasteiger partial charge in [0, 0.05) is 25.6 Å². The summed E-state index contributed by atoms with van der Waals surface area (Å²) in [6.45, 7) is 5.00. The van der Waals surface area contributed by atoms with Gasteiger partial charge in [-0.3, -0.25) is 9.59 Å². The molecule has 1 atom stereocenters. The van der Waals surface area contributed by atoms with Gasteiger partial charge >= 0.3 is 5.97 Å². The summed E-state index contributed by atoms with van der Waals surface area (Å²) in [5.41, 5.74) is 1.91. The van der Waals surface area contributed by atoms with Crippen LogP contribution >= 0.6 is 0 Å². The van der Waals surface area contributed by atoms with E-state index in [4.69, 9.17) is 9.15 Å². The highest BCUT2D eigenvalue weighted by Crippen LogP contribution is 2.22. The number of esters is 1. The Morgan fingerprint density at radius 1 is 1.43 bits per heavy atom. The van der Waals surface area contributed by atoms with Crippen LogP contribution in [-0.4, -0.2) is 41.5 Å². The van der Waals surface area contributed by atoms with Gasteiger partial charge in [-0.25, -0.2) is 4.98 Å². The Morgan fingerprint density at radius 2 is 2.26 bits per heavy atom. The van der Waals surface area contributed by atoms with Crippen molar-refractivity contribution >= 4 is 23.0 Å². The Labute approximate surface area is 134 Å². The highest BCUT2D eigenvalue weighted by atomic mass is 16.5. The monoisotopic (exact) mass is 316 g/mol. The smallest absolute Gasteiger partial charge is 0.310 e. The van der Waals surface area contributed by atoms with Crippen LogP contribution in [0.4, 0.5) is 0 Å². The Kier molecular flexibility index (Phi) is 4.32. The van der Waals surface area contributed by atoms with Crippen LogP contribution in [0.3, 0.4) is 0 Å². The van der Waals surface area contributed by atoms with Gasteiger partial charge in [0.05, 0.1) is 12.5 Å². The van der Waals surface area contributed by atoms with Gasteiger partial charge in [0.2, 0.25) is 0 Å². The summed E-state index contributed by atoms with van der Waals surface area (Å²) in [4.78, 5) is 30.6. The third-order valence-corrected chi connectivity index (χ3v) is 4.07. The number of hydrogen-bond donors (Lipinski definition) is 0. The van der Waals surface area contributed by atoms with E-state index in [0.717, 1.165) is 12.8 Å². The molecule has 0 saturated carbocycles. The number of likely N-dealkylation sites (tertiary alicyclic amines) is 1. The molecular formula is C17H20N2O4. The number of rotatable bonds is 3. The van der Waals surface area contributed by atoms with Crippen molar-refractivity contribution in [2.45, 2.75) is 26.7 Å². The minimum Gasteiger partial charge on any atom is -0.466 e. The summed E-state index contributed by atoms with van der Waals surface area (Å²) in [6, 6.07) is 5.24. The average molecular weight is 316 g/mol. The van der Waals surface area contributed by atoms with Gasteiger partial charge in [-0.15, -0.1) is 0 Å². The number of piperidine rings is 1. The zero-order chi connectivity index (χ0) is 16.4. The lowest BCUT2D eigenvalue weighted by Gasteiger charge is -2.31. The van der Waals surface area contributed by atoms with E-state index in [9.17, 15) is 9.59 Å². The maximum absolute atomic E-state index is 12.7. The molecule has 1 aromatic carbocycles. The Balaban J connectivity index is 1.76. The predicted molar refractivity (Wildman–Crippen MR) is 84.0 cm³/mol. The lowest BCUT2D eigenvalue weighted by atomic mass is 9.97. The molecule has 1 saturated heterocycles. The van der Waals surface area contributed by atoms with E-state index in [0.29, 0.717) is 42.3 Å². The average Bonchev–Trinajstić information content (AvgIpc) is 2.93. The first-order valence-electron chi connectivity index (χ1n) is 7.91. The first-order valence-corrected chi connectivity index (χ1v) is 7.91. The summed E-state index contributed by atoms with van der Waals surface area (Å²) in [5, 5.41) is 0. The highest BCUT2D eigenvalue weighted by Gasteiger charge is 2.29. The minimum absolute atomic E-state index is 0.0819. The number of aryl methyl sites for hydroxylation is 1. The zero-order valence-electron chi connectivity index (χ0n) is 13.4. The second-order valence-electron chi connectivity index (χ2n) is 5.76. The number of nitrogens with zero attached hydrogens (tertiary/aromatic N) is 2. The standard InChI is InChI=1S/C17H20N2O4/c1-3-22-17(21)13-5-4-8-19(10-13)16(20)12-6-7-15-14(9-12)18-11(2)23-15/h6-7,9,13H,3-5,8,10H2,1-2H3. The largest absolute Gasteiger partial charge is 0.466 e. The molecular weight excluding hydrogens is 296 g/mol. The van der Waals surface area contributed by atoms with E-state index in [1.54, 1.807) is 36.9 Å². The molecule has 3 rings (SSSR count). The molecule has 23 heavy (non-hydrogen) atoms. The fourth-order valence-electron chi connectivity index (χ4n) is 2.97. The van der Waals surface area contributed by atoms with Crippen LogP contribution in [0.2, 0.25) is 0 Å². The molecule has 0 aliphatic carbocycles. The topological polar surface area (TPSA) is 72.6 Å². The molecule has 1 aliphatic heterocycles. The maximum Gasteiger partial charge on any atom is 0.310 e. The van der Waals surface area contributed by atoms with Crippen LogP contribution in [0.25, 0.3) is 11.1 Å². The number of aromatic nitrogens is 1. The number of hydrogen-bond acceptors (Lipinski definition) is 5. The highest BCUT2D eigenvalue weighted by molar-refractivity contribution is 5.97. The molecule has 1 fully saturated rings. The number of amides is 1. The summed E-state index contributed by atoms with van der Waals surface area (Å²) in [5.74, 6) is 0.0461. The number of oxazole rings is 1. The molecule has 1 amide bonds. The van der Waals surface area contributed by atoms with Crippen molar-refractivity contribution in [3.05, 3.63) is 29.7 Å². The molecule has 1 unspecified atom stereocenters. The first-order chi connectivity index (χ1) is 11.1. The van der Waals surface area contributed by atoms with Crippen LogP contribution in [0, 0.1) is 12.8 Å². The quantitative estimate of drug-likeness (QED) is 0.814. The van der Waals surface area contributed by atoms with Crippen molar-refractivity contribution < 1.29 is 18.7 Å². The molecule has 1 aliphatic rings. The normalized spacial score (nSPS) is 18.2. The molecule has 0 spiro atoms. The van der Waals surface area contributed by atoms with Crippen LogP contribution in [-0.2, 0) is 9.53 Å². The summed E-state index contributed by atoms with van der Waals surface area (Å²) in [6.07, 6.45) is 1.57. The van der Waals surface area contributed by atoms with E-state index in [2.05, 4.69) is 4.98 Å². The van der Waals surface area contributed by atoms with Gasteiger partial charge in [0.15, 0.2) is 11.5 Å². The molecule has 6 heteroatoms. The fraction of sp³-hybridized carbons (Fsp3) is 0.471. The summed E-state index contributed by atoms with van der Waals surface area (Å²) >= 11 is 0. The van der Waals surface area contributed by atoms with E-state index >= 15 is 0 Å². The SMILES string of the molecule is CCOC(=O)C1CCCN(C(=O)c2ccc3oc(C)nc3c2)C1. The van der Waals surface area contributed by atoms with Crippen molar-refractivity contribution in [2.75, 3.05) is 19.7 Å². The Hall–Kier alpha value is -2.37. The molecule has 2 heterocycles.